The van der Waals surface area contributed by atoms with E-state index in [2.05, 4.69) is 0 Å². The van der Waals surface area contributed by atoms with E-state index in [1.807, 2.05) is 18.2 Å². The molecule has 0 aromatic carbocycles. The second kappa shape index (κ2) is 4.12. The van der Waals surface area contributed by atoms with Crippen LogP contribution in [0.1, 0.15) is 12.8 Å². The van der Waals surface area contributed by atoms with Gasteiger partial charge in [0, 0.05) is 13.0 Å². The number of rotatable bonds is 4. The maximum Gasteiger partial charge on any atom is 0.115 e. The molecule has 0 saturated carbocycles. The summed E-state index contributed by atoms with van der Waals surface area (Å²) < 4.78 is 5.26. The molecule has 0 spiro atoms. The molecule has 0 bridgehead atoms. The van der Waals surface area contributed by atoms with E-state index in [0.29, 0.717) is 13.0 Å². The number of hydrogen-bond acceptors (Lipinski definition) is 2. The monoisotopic (exact) mass is 140 g/mol. The van der Waals surface area contributed by atoms with Crippen LogP contribution in [0.2, 0.25) is 0 Å². The van der Waals surface area contributed by atoms with Crippen molar-refractivity contribution in [2.24, 2.45) is 0 Å². The van der Waals surface area contributed by atoms with Gasteiger partial charge in [0.15, 0.2) is 0 Å². The topological polar surface area (TPSA) is 29.5 Å². The van der Waals surface area contributed by atoms with Crippen LogP contribution in [0.15, 0.2) is 24.0 Å². The summed E-state index contributed by atoms with van der Waals surface area (Å²) in [5.41, 5.74) is 0. The Balaban J connectivity index is 2.08. The van der Waals surface area contributed by atoms with E-state index in [4.69, 9.17) is 9.84 Å². The lowest BCUT2D eigenvalue weighted by molar-refractivity contribution is 0.184. The van der Waals surface area contributed by atoms with E-state index in [0.717, 1.165) is 12.2 Å². The van der Waals surface area contributed by atoms with Crippen LogP contribution in [0, 0.1) is 0 Å². The molecule has 0 unspecified atom stereocenters. The van der Waals surface area contributed by atoms with E-state index in [1.165, 1.54) is 0 Å². The summed E-state index contributed by atoms with van der Waals surface area (Å²) in [4.78, 5) is 0. The Morgan fingerprint density at radius 3 is 3.10 bits per heavy atom. The minimum absolute atomic E-state index is 0.205. The van der Waals surface area contributed by atoms with Crippen LogP contribution in [-0.2, 0) is 4.74 Å². The van der Waals surface area contributed by atoms with Gasteiger partial charge in [0.25, 0.3) is 0 Å². The highest BCUT2D eigenvalue weighted by Crippen LogP contribution is 2.09. The number of allylic oxidation sites excluding steroid dienone is 3. The zero-order valence-electron chi connectivity index (χ0n) is 5.92. The molecule has 1 rings (SSSR count). The van der Waals surface area contributed by atoms with Crippen LogP contribution in [0.3, 0.4) is 0 Å². The van der Waals surface area contributed by atoms with Gasteiger partial charge in [0.1, 0.15) is 5.76 Å². The van der Waals surface area contributed by atoms with Gasteiger partial charge in [-0.15, -0.1) is 0 Å². The second-order valence-corrected chi connectivity index (χ2v) is 2.17. The molecule has 1 aliphatic rings. The molecule has 2 nitrogen and oxygen atoms in total. The van der Waals surface area contributed by atoms with Gasteiger partial charge in [-0.25, -0.2) is 0 Å². The SMILES string of the molecule is OCCCOC1=CCC=C1. The Kier molecular flexibility index (Phi) is 3.03. The molecular formula is C8H12O2. The van der Waals surface area contributed by atoms with Gasteiger partial charge in [-0.3, -0.25) is 0 Å². The fourth-order valence-electron chi connectivity index (χ4n) is 0.798. The van der Waals surface area contributed by atoms with Crippen molar-refractivity contribution in [1.82, 2.24) is 0 Å². The quantitative estimate of drug-likeness (QED) is 0.595. The van der Waals surface area contributed by atoms with Gasteiger partial charge >= 0.3 is 0 Å². The van der Waals surface area contributed by atoms with Crippen molar-refractivity contribution in [3.8, 4) is 0 Å². The average molecular weight is 140 g/mol. The largest absolute Gasteiger partial charge is 0.494 e. The molecule has 56 valence electrons. The second-order valence-electron chi connectivity index (χ2n) is 2.17. The summed E-state index contributed by atoms with van der Waals surface area (Å²) in [6.45, 7) is 0.823. The fraction of sp³-hybridized carbons (Fsp3) is 0.500. The van der Waals surface area contributed by atoms with Crippen LogP contribution >= 0.6 is 0 Å². The number of aliphatic hydroxyl groups excluding tert-OH is 1. The summed E-state index contributed by atoms with van der Waals surface area (Å²) in [6, 6.07) is 0. The average Bonchev–Trinajstić information content (AvgIpc) is 2.41. The van der Waals surface area contributed by atoms with E-state index in [9.17, 15) is 0 Å². The fourth-order valence-corrected chi connectivity index (χ4v) is 0.798. The van der Waals surface area contributed by atoms with E-state index >= 15 is 0 Å². The summed E-state index contributed by atoms with van der Waals surface area (Å²) in [6.07, 6.45) is 7.72. The van der Waals surface area contributed by atoms with Gasteiger partial charge in [0.2, 0.25) is 0 Å². The summed E-state index contributed by atoms with van der Waals surface area (Å²) in [5, 5.41) is 8.42. The van der Waals surface area contributed by atoms with Crippen LogP contribution in [0.25, 0.3) is 0 Å². The maximum absolute atomic E-state index is 8.42. The third kappa shape index (κ3) is 2.23. The van der Waals surface area contributed by atoms with Crippen molar-refractivity contribution in [3.05, 3.63) is 24.0 Å². The Bertz CT molecular complexity index is 147. The van der Waals surface area contributed by atoms with Crippen molar-refractivity contribution in [2.45, 2.75) is 12.8 Å². The summed E-state index contributed by atoms with van der Waals surface area (Å²) >= 11 is 0. The normalized spacial score (nSPS) is 15.5. The molecule has 0 atom stereocenters. The first-order chi connectivity index (χ1) is 4.93. The van der Waals surface area contributed by atoms with E-state index in [-0.39, 0.29) is 6.61 Å². The van der Waals surface area contributed by atoms with Crippen molar-refractivity contribution in [1.29, 1.82) is 0 Å². The van der Waals surface area contributed by atoms with Gasteiger partial charge in [0.05, 0.1) is 6.61 Å². The van der Waals surface area contributed by atoms with Crippen LogP contribution < -0.4 is 0 Å². The first-order valence-electron chi connectivity index (χ1n) is 3.54. The predicted octanol–water partition coefficient (Wildman–Crippen LogP) is 1.23. The van der Waals surface area contributed by atoms with Gasteiger partial charge in [-0.1, -0.05) is 6.08 Å². The van der Waals surface area contributed by atoms with Crippen LogP contribution in [-0.4, -0.2) is 18.3 Å². The summed E-state index contributed by atoms with van der Waals surface area (Å²) in [7, 11) is 0. The zero-order valence-corrected chi connectivity index (χ0v) is 5.92. The molecule has 1 N–H and O–H groups in total. The molecule has 10 heavy (non-hydrogen) atoms. The zero-order chi connectivity index (χ0) is 7.23. The standard InChI is InChI=1S/C8H12O2/c9-6-3-7-10-8-4-1-2-5-8/h1,4-5,9H,2-3,6-7H2. The highest BCUT2D eigenvalue weighted by atomic mass is 16.5. The first kappa shape index (κ1) is 7.35. The Morgan fingerprint density at radius 1 is 1.60 bits per heavy atom. The van der Waals surface area contributed by atoms with Crippen LogP contribution in [0.5, 0.6) is 0 Å². The van der Waals surface area contributed by atoms with Crippen molar-refractivity contribution < 1.29 is 9.84 Å². The van der Waals surface area contributed by atoms with Gasteiger partial charge < -0.3 is 9.84 Å². The molecule has 0 fully saturated rings. The molecule has 2 heteroatoms. The number of hydrogen-bond donors (Lipinski definition) is 1. The minimum atomic E-state index is 0.205. The Hall–Kier alpha value is -0.760. The molecule has 0 saturated heterocycles. The number of ether oxygens (including phenoxy) is 1. The smallest absolute Gasteiger partial charge is 0.115 e. The lowest BCUT2D eigenvalue weighted by Crippen LogP contribution is -1.94. The van der Waals surface area contributed by atoms with E-state index in [1.54, 1.807) is 0 Å². The molecular weight excluding hydrogens is 128 g/mol. The minimum Gasteiger partial charge on any atom is -0.494 e. The molecule has 0 aromatic rings. The van der Waals surface area contributed by atoms with Gasteiger partial charge in [-0.05, 0) is 18.6 Å². The van der Waals surface area contributed by atoms with Crippen molar-refractivity contribution in [2.75, 3.05) is 13.2 Å². The van der Waals surface area contributed by atoms with Crippen LogP contribution in [0.4, 0.5) is 0 Å². The Morgan fingerprint density at radius 2 is 2.50 bits per heavy atom. The van der Waals surface area contributed by atoms with Crippen molar-refractivity contribution in [3.63, 3.8) is 0 Å². The highest BCUT2D eigenvalue weighted by molar-refractivity contribution is 5.20. The molecule has 0 aliphatic heterocycles. The maximum atomic E-state index is 8.42. The lowest BCUT2D eigenvalue weighted by atomic mass is 10.5. The Labute approximate surface area is 60.8 Å². The predicted molar refractivity (Wildman–Crippen MR) is 39.5 cm³/mol. The van der Waals surface area contributed by atoms with Gasteiger partial charge in [-0.2, -0.15) is 0 Å². The summed E-state index contributed by atoms with van der Waals surface area (Å²) in [5.74, 6) is 0.938. The van der Waals surface area contributed by atoms with Crippen molar-refractivity contribution >= 4 is 0 Å². The first-order valence-corrected chi connectivity index (χ1v) is 3.54. The third-order valence-corrected chi connectivity index (χ3v) is 1.31. The molecule has 0 heterocycles. The highest BCUT2D eigenvalue weighted by Gasteiger charge is 1.96. The van der Waals surface area contributed by atoms with E-state index < -0.39 is 0 Å². The molecule has 0 amide bonds. The molecule has 0 aromatic heterocycles. The number of aliphatic hydroxyl groups is 1. The molecule has 0 radical (unpaired) electrons. The third-order valence-electron chi connectivity index (χ3n) is 1.31. The lowest BCUT2D eigenvalue weighted by Gasteiger charge is -2.01. The molecule has 1 aliphatic carbocycles.